The molecule has 2 rings (SSSR count). The average molecular weight is 354 g/mol. The van der Waals surface area contributed by atoms with Crippen molar-refractivity contribution >= 4 is 39.8 Å². The smallest absolute Gasteiger partial charge is 0.268 e. The van der Waals surface area contributed by atoms with Crippen LogP contribution in [0.15, 0.2) is 24.3 Å². The molecule has 0 atom stereocenters. The van der Waals surface area contributed by atoms with Gasteiger partial charge in [-0.3, -0.25) is 15.0 Å². The Hall–Kier alpha value is -2.09. The van der Waals surface area contributed by atoms with Crippen molar-refractivity contribution in [3.63, 3.8) is 0 Å². The number of hydrogen-bond donors (Lipinski definition) is 3. The minimum absolute atomic E-state index is 0.179. The predicted molar refractivity (Wildman–Crippen MR) is 91.0 cm³/mol. The van der Waals surface area contributed by atoms with Crippen molar-refractivity contribution in [1.82, 2.24) is 5.43 Å². The highest BCUT2D eigenvalue weighted by Crippen LogP contribution is 2.32. The third kappa shape index (κ3) is 4.22. The van der Waals surface area contributed by atoms with Crippen molar-refractivity contribution in [1.29, 1.82) is 0 Å². The van der Waals surface area contributed by atoms with E-state index in [1.165, 1.54) is 11.3 Å². The second kappa shape index (κ2) is 7.45. The Morgan fingerprint density at radius 1 is 1.26 bits per heavy atom. The number of anilines is 1. The van der Waals surface area contributed by atoms with E-state index in [-0.39, 0.29) is 12.5 Å². The fraction of sp³-hybridized carbons (Fsp3) is 0.200. The molecule has 23 heavy (non-hydrogen) atoms. The number of hydrogen-bond acceptors (Lipinski definition) is 5. The van der Waals surface area contributed by atoms with Crippen molar-refractivity contribution in [2.75, 3.05) is 11.9 Å². The highest BCUT2D eigenvalue weighted by Gasteiger charge is 2.20. The van der Waals surface area contributed by atoms with Gasteiger partial charge in [-0.05, 0) is 43.7 Å². The summed E-state index contributed by atoms with van der Waals surface area (Å²) >= 11 is 7.09. The number of amides is 2. The standard InChI is InChI=1S/C15H16ClN3O3S/c1-8-9(2)23-15(13(8)14(21)19-17)18-12(20)7-22-11-5-3-10(16)4-6-11/h3-6H,7,17H2,1-2H3,(H,18,20)(H,19,21). The molecule has 8 heteroatoms. The number of hydrazine groups is 1. The van der Waals surface area contributed by atoms with E-state index >= 15 is 0 Å². The maximum Gasteiger partial charge on any atom is 0.268 e. The second-order valence-electron chi connectivity index (χ2n) is 4.75. The number of ether oxygens (including phenoxy) is 1. The number of carbonyl (C=O) groups is 2. The zero-order valence-corrected chi connectivity index (χ0v) is 14.2. The van der Waals surface area contributed by atoms with Gasteiger partial charge in [0.15, 0.2) is 6.61 Å². The van der Waals surface area contributed by atoms with Gasteiger partial charge in [-0.1, -0.05) is 11.6 Å². The molecule has 2 amide bonds. The van der Waals surface area contributed by atoms with Gasteiger partial charge < -0.3 is 10.1 Å². The van der Waals surface area contributed by atoms with E-state index < -0.39 is 5.91 Å². The van der Waals surface area contributed by atoms with Crippen LogP contribution in [0.1, 0.15) is 20.8 Å². The molecule has 0 saturated carbocycles. The summed E-state index contributed by atoms with van der Waals surface area (Å²) in [6, 6.07) is 6.68. The molecule has 2 aromatic rings. The van der Waals surface area contributed by atoms with Crippen LogP contribution in [0.4, 0.5) is 5.00 Å². The first-order chi connectivity index (χ1) is 10.9. The molecule has 0 aliphatic heterocycles. The first-order valence-corrected chi connectivity index (χ1v) is 7.91. The number of halogens is 1. The fourth-order valence-corrected chi connectivity index (χ4v) is 3.10. The normalized spacial score (nSPS) is 10.3. The monoisotopic (exact) mass is 353 g/mol. The van der Waals surface area contributed by atoms with Gasteiger partial charge >= 0.3 is 0 Å². The second-order valence-corrected chi connectivity index (χ2v) is 6.41. The molecule has 0 fully saturated rings. The third-order valence-electron chi connectivity index (χ3n) is 3.18. The van der Waals surface area contributed by atoms with Crippen molar-refractivity contribution < 1.29 is 14.3 Å². The number of benzene rings is 1. The maximum atomic E-state index is 12.0. The van der Waals surface area contributed by atoms with Crippen LogP contribution in [-0.4, -0.2) is 18.4 Å². The molecule has 6 nitrogen and oxygen atoms in total. The molecule has 0 unspecified atom stereocenters. The predicted octanol–water partition coefficient (Wildman–Crippen LogP) is 2.64. The van der Waals surface area contributed by atoms with Crippen LogP contribution in [0.25, 0.3) is 0 Å². The summed E-state index contributed by atoms with van der Waals surface area (Å²) in [5.74, 6) is 4.90. The quantitative estimate of drug-likeness (QED) is 0.437. The Morgan fingerprint density at radius 2 is 1.91 bits per heavy atom. The average Bonchev–Trinajstić information content (AvgIpc) is 2.80. The lowest BCUT2D eigenvalue weighted by Crippen LogP contribution is -2.31. The molecule has 1 aromatic heterocycles. The van der Waals surface area contributed by atoms with Crippen LogP contribution < -0.4 is 21.3 Å². The lowest BCUT2D eigenvalue weighted by atomic mass is 10.1. The van der Waals surface area contributed by atoms with E-state index in [1.807, 2.05) is 6.92 Å². The molecule has 0 aliphatic rings. The van der Waals surface area contributed by atoms with Gasteiger partial charge in [0, 0.05) is 9.90 Å². The van der Waals surface area contributed by atoms with Crippen LogP contribution >= 0.6 is 22.9 Å². The van der Waals surface area contributed by atoms with Crippen LogP contribution in [-0.2, 0) is 4.79 Å². The highest BCUT2D eigenvalue weighted by atomic mass is 35.5. The van der Waals surface area contributed by atoms with E-state index in [0.717, 1.165) is 10.4 Å². The summed E-state index contributed by atoms with van der Waals surface area (Å²) in [4.78, 5) is 24.8. The van der Waals surface area contributed by atoms with Gasteiger partial charge in [0.1, 0.15) is 10.8 Å². The Labute approximate surface area is 142 Å². The molecular formula is C15H16ClN3O3S. The summed E-state index contributed by atoms with van der Waals surface area (Å²) in [6.07, 6.45) is 0. The summed E-state index contributed by atoms with van der Waals surface area (Å²) < 4.78 is 5.37. The summed E-state index contributed by atoms with van der Waals surface area (Å²) in [5.41, 5.74) is 3.24. The molecule has 1 heterocycles. The van der Waals surface area contributed by atoms with E-state index in [1.54, 1.807) is 31.2 Å². The van der Waals surface area contributed by atoms with E-state index in [2.05, 4.69) is 10.7 Å². The molecule has 0 radical (unpaired) electrons. The van der Waals surface area contributed by atoms with Crippen molar-refractivity contribution in [2.24, 2.45) is 5.84 Å². The summed E-state index contributed by atoms with van der Waals surface area (Å²) in [7, 11) is 0. The fourth-order valence-electron chi connectivity index (χ4n) is 1.90. The van der Waals surface area contributed by atoms with Crippen LogP contribution in [0.3, 0.4) is 0 Å². The van der Waals surface area contributed by atoms with E-state index in [9.17, 15) is 9.59 Å². The number of nitrogen functional groups attached to an aromatic ring is 1. The van der Waals surface area contributed by atoms with Gasteiger partial charge in [0.2, 0.25) is 0 Å². The van der Waals surface area contributed by atoms with Crippen LogP contribution in [0, 0.1) is 13.8 Å². The molecule has 0 aliphatic carbocycles. The zero-order chi connectivity index (χ0) is 17.0. The topological polar surface area (TPSA) is 93.4 Å². The maximum absolute atomic E-state index is 12.0. The first kappa shape index (κ1) is 17.3. The van der Waals surface area contributed by atoms with Crippen molar-refractivity contribution in [2.45, 2.75) is 13.8 Å². The van der Waals surface area contributed by atoms with Gasteiger partial charge in [-0.15, -0.1) is 11.3 Å². The van der Waals surface area contributed by atoms with Gasteiger partial charge in [-0.25, -0.2) is 5.84 Å². The Balaban J connectivity index is 2.04. The zero-order valence-electron chi connectivity index (χ0n) is 12.6. The number of nitrogens with two attached hydrogens (primary N) is 1. The Kier molecular flexibility index (Phi) is 5.59. The van der Waals surface area contributed by atoms with E-state index in [4.69, 9.17) is 22.2 Å². The SMILES string of the molecule is Cc1sc(NC(=O)COc2ccc(Cl)cc2)c(C(=O)NN)c1C. The molecule has 0 spiro atoms. The Bertz CT molecular complexity index is 728. The largest absolute Gasteiger partial charge is 0.484 e. The number of nitrogens with one attached hydrogen (secondary N) is 2. The van der Waals surface area contributed by atoms with E-state index in [0.29, 0.717) is 21.3 Å². The molecule has 4 N–H and O–H groups in total. The molecule has 0 saturated heterocycles. The third-order valence-corrected chi connectivity index (χ3v) is 4.55. The number of rotatable bonds is 5. The lowest BCUT2D eigenvalue weighted by Gasteiger charge is -2.08. The lowest BCUT2D eigenvalue weighted by molar-refractivity contribution is -0.118. The molecular weight excluding hydrogens is 338 g/mol. The summed E-state index contributed by atoms with van der Waals surface area (Å²) in [6.45, 7) is 3.49. The van der Waals surface area contributed by atoms with Crippen LogP contribution in [0.5, 0.6) is 5.75 Å². The summed E-state index contributed by atoms with van der Waals surface area (Å²) in [5, 5.41) is 3.72. The molecule has 0 bridgehead atoms. The van der Waals surface area contributed by atoms with Crippen molar-refractivity contribution in [3.8, 4) is 5.75 Å². The molecule has 122 valence electrons. The van der Waals surface area contributed by atoms with Gasteiger partial charge in [-0.2, -0.15) is 0 Å². The minimum atomic E-state index is -0.444. The minimum Gasteiger partial charge on any atom is -0.484 e. The van der Waals surface area contributed by atoms with Gasteiger partial charge in [0.05, 0.1) is 5.56 Å². The number of aryl methyl sites for hydroxylation is 1. The number of thiophene rings is 1. The highest BCUT2D eigenvalue weighted by molar-refractivity contribution is 7.16. The van der Waals surface area contributed by atoms with Crippen LogP contribution in [0.2, 0.25) is 5.02 Å². The number of carbonyl (C=O) groups excluding carboxylic acids is 2. The first-order valence-electron chi connectivity index (χ1n) is 6.71. The molecule has 1 aromatic carbocycles. The van der Waals surface area contributed by atoms with Gasteiger partial charge in [0.25, 0.3) is 11.8 Å². The Morgan fingerprint density at radius 3 is 2.52 bits per heavy atom. The van der Waals surface area contributed by atoms with Crippen molar-refractivity contribution in [3.05, 3.63) is 45.3 Å².